The molecule has 0 N–H and O–H groups in total. The van der Waals surface area contributed by atoms with Crippen LogP contribution in [0.25, 0.3) is 0 Å². The van der Waals surface area contributed by atoms with Crippen molar-refractivity contribution in [3.63, 3.8) is 0 Å². The molecule has 5 heteroatoms. The van der Waals surface area contributed by atoms with Gasteiger partial charge >= 0.3 is 5.97 Å². The molecule has 2 atom stereocenters. The van der Waals surface area contributed by atoms with Gasteiger partial charge < -0.3 is 14.2 Å². The first kappa shape index (κ1) is 15.9. The molecule has 1 aliphatic heterocycles. The highest BCUT2D eigenvalue weighted by molar-refractivity contribution is 5.94. The Morgan fingerprint density at radius 3 is 2.58 bits per heavy atom. The summed E-state index contributed by atoms with van der Waals surface area (Å²) in [4.78, 5) is 23.3. The minimum atomic E-state index is -0.792. The van der Waals surface area contributed by atoms with Crippen LogP contribution in [0.5, 0.6) is 0 Å². The molecule has 0 amide bonds. The van der Waals surface area contributed by atoms with Crippen molar-refractivity contribution in [2.45, 2.75) is 53.1 Å². The number of hydrogen-bond acceptors (Lipinski definition) is 5. The molecule has 1 aliphatic rings. The fraction of sp³-hybridized carbons (Fsp3) is 0.714. The lowest BCUT2D eigenvalue weighted by Crippen LogP contribution is -2.39. The third kappa shape index (κ3) is 5.12. The van der Waals surface area contributed by atoms with Gasteiger partial charge in [-0.2, -0.15) is 0 Å². The molecule has 19 heavy (non-hydrogen) atoms. The molecular formula is C14H22O5. The quantitative estimate of drug-likeness (QED) is 0.730. The van der Waals surface area contributed by atoms with E-state index < -0.39 is 17.8 Å². The van der Waals surface area contributed by atoms with E-state index in [9.17, 15) is 9.59 Å². The van der Waals surface area contributed by atoms with Crippen LogP contribution in [0.4, 0.5) is 0 Å². The first-order chi connectivity index (χ1) is 8.70. The zero-order valence-electron chi connectivity index (χ0n) is 12.1. The third-order valence-corrected chi connectivity index (χ3v) is 2.42. The number of carbonyl (C=O) groups is 2. The number of rotatable bonds is 4. The number of esters is 1. The van der Waals surface area contributed by atoms with E-state index >= 15 is 0 Å². The van der Waals surface area contributed by atoms with Gasteiger partial charge in [-0.15, -0.1) is 0 Å². The Kier molecular flexibility index (Phi) is 5.26. The van der Waals surface area contributed by atoms with Crippen LogP contribution in [-0.4, -0.2) is 36.9 Å². The summed E-state index contributed by atoms with van der Waals surface area (Å²) < 4.78 is 16.0. The Balaban J connectivity index is 2.52. The van der Waals surface area contributed by atoms with Crippen LogP contribution >= 0.6 is 0 Å². The topological polar surface area (TPSA) is 61.8 Å². The summed E-state index contributed by atoms with van der Waals surface area (Å²) in [5.41, 5.74) is -0.596. The lowest BCUT2D eigenvalue weighted by molar-refractivity contribution is -0.187. The normalized spacial score (nSPS) is 23.8. The number of carbonyl (C=O) groups excluding carboxylic acids is 2. The Morgan fingerprint density at radius 2 is 2.05 bits per heavy atom. The lowest BCUT2D eigenvalue weighted by Gasteiger charge is -2.27. The van der Waals surface area contributed by atoms with Gasteiger partial charge in [0.1, 0.15) is 6.61 Å². The minimum Gasteiger partial charge on any atom is -0.462 e. The largest absolute Gasteiger partial charge is 0.462 e. The van der Waals surface area contributed by atoms with E-state index in [1.54, 1.807) is 26.8 Å². The molecule has 0 fully saturated rings. The van der Waals surface area contributed by atoms with Crippen molar-refractivity contribution in [2.75, 3.05) is 6.61 Å². The zero-order chi connectivity index (χ0) is 14.6. The van der Waals surface area contributed by atoms with Gasteiger partial charge in [-0.1, -0.05) is 0 Å². The molecule has 0 saturated heterocycles. The van der Waals surface area contributed by atoms with E-state index in [1.807, 2.05) is 13.8 Å². The van der Waals surface area contributed by atoms with Crippen LogP contribution in [0, 0.1) is 5.41 Å². The van der Waals surface area contributed by atoms with E-state index in [1.165, 1.54) is 6.08 Å². The molecule has 5 nitrogen and oxygen atoms in total. The van der Waals surface area contributed by atoms with E-state index in [4.69, 9.17) is 14.2 Å². The molecule has 0 aliphatic carbocycles. The van der Waals surface area contributed by atoms with Crippen molar-refractivity contribution in [1.82, 2.24) is 0 Å². The van der Waals surface area contributed by atoms with Gasteiger partial charge in [0, 0.05) is 0 Å². The maximum Gasteiger partial charge on any atom is 0.311 e. The van der Waals surface area contributed by atoms with Crippen LogP contribution in [0.3, 0.4) is 0 Å². The highest BCUT2D eigenvalue weighted by Crippen LogP contribution is 2.17. The molecule has 0 aromatic rings. The first-order valence-electron chi connectivity index (χ1n) is 6.40. The molecule has 0 spiro atoms. The fourth-order valence-corrected chi connectivity index (χ4v) is 1.39. The Hall–Kier alpha value is -1.20. The van der Waals surface area contributed by atoms with Crippen LogP contribution in [0.2, 0.25) is 0 Å². The van der Waals surface area contributed by atoms with Crippen molar-refractivity contribution in [3.8, 4) is 0 Å². The molecule has 0 aromatic carbocycles. The zero-order valence-corrected chi connectivity index (χ0v) is 12.1. The standard InChI is InChI=1S/C14H22O5/c1-9(2)18-12-7-6-10(15)11(19-12)8-17-13(16)14(3,4)5/h6-7,9,11-12H,8H2,1-5H3/t11-,12+/m1/s1. The van der Waals surface area contributed by atoms with Crippen molar-refractivity contribution < 1.29 is 23.8 Å². The van der Waals surface area contributed by atoms with Crippen LogP contribution < -0.4 is 0 Å². The Labute approximate surface area is 113 Å². The summed E-state index contributed by atoms with van der Waals surface area (Å²) in [5, 5.41) is 0. The van der Waals surface area contributed by atoms with Gasteiger partial charge in [-0.3, -0.25) is 9.59 Å². The second-order valence-electron chi connectivity index (χ2n) is 5.79. The molecule has 0 saturated carbocycles. The molecule has 0 unspecified atom stereocenters. The Morgan fingerprint density at radius 1 is 1.42 bits per heavy atom. The molecule has 0 aromatic heterocycles. The monoisotopic (exact) mass is 270 g/mol. The summed E-state index contributed by atoms with van der Waals surface area (Å²) >= 11 is 0. The minimum absolute atomic E-state index is 0.0133. The number of hydrogen-bond donors (Lipinski definition) is 0. The SMILES string of the molecule is CC(C)O[C@@H]1C=CC(=O)[C@@H](COC(=O)C(C)(C)C)O1. The second kappa shape index (κ2) is 6.30. The second-order valence-corrected chi connectivity index (χ2v) is 5.79. The molecule has 108 valence electrons. The maximum atomic E-state index is 11.6. The summed E-state index contributed by atoms with van der Waals surface area (Å²) in [6.07, 6.45) is 1.59. The van der Waals surface area contributed by atoms with Gasteiger partial charge in [-0.05, 0) is 46.8 Å². The van der Waals surface area contributed by atoms with Crippen molar-refractivity contribution in [2.24, 2.45) is 5.41 Å². The Bertz CT molecular complexity index is 365. The van der Waals surface area contributed by atoms with E-state index in [0.29, 0.717) is 0 Å². The smallest absolute Gasteiger partial charge is 0.311 e. The first-order valence-corrected chi connectivity index (χ1v) is 6.40. The van der Waals surface area contributed by atoms with E-state index in [2.05, 4.69) is 0 Å². The molecular weight excluding hydrogens is 248 g/mol. The summed E-state index contributed by atoms with van der Waals surface area (Å²) in [6, 6.07) is 0. The maximum absolute atomic E-state index is 11.6. The van der Waals surface area contributed by atoms with Crippen LogP contribution in [-0.2, 0) is 23.8 Å². The van der Waals surface area contributed by atoms with Gasteiger partial charge in [0.05, 0.1) is 11.5 Å². The average Bonchev–Trinajstić information content (AvgIpc) is 2.27. The van der Waals surface area contributed by atoms with Crippen molar-refractivity contribution in [3.05, 3.63) is 12.2 Å². The van der Waals surface area contributed by atoms with Gasteiger partial charge in [-0.25, -0.2) is 0 Å². The van der Waals surface area contributed by atoms with Gasteiger partial charge in [0.15, 0.2) is 18.2 Å². The van der Waals surface area contributed by atoms with Crippen molar-refractivity contribution in [1.29, 1.82) is 0 Å². The predicted molar refractivity (Wildman–Crippen MR) is 69.4 cm³/mol. The van der Waals surface area contributed by atoms with Crippen LogP contribution in [0.1, 0.15) is 34.6 Å². The van der Waals surface area contributed by atoms with Gasteiger partial charge in [0.25, 0.3) is 0 Å². The fourth-order valence-electron chi connectivity index (χ4n) is 1.39. The lowest BCUT2D eigenvalue weighted by atomic mass is 9.97. The number of ether oxygens (including phenoxy) is 3. The average molecular weight is 270 g/mol. The highest BCUT2D eigenvalue weighted by Gasteiger charge is 2.30. The van der Waals surface area contributed by atoms with E-state index in [0.717, 1.165) is 0 Å². The van der Waals surface area contributed by atoms with Crippen molar-refractivity contribution >= 4 is 11.8 Å². The van der Waals surface area contributed by atoms with Crippen LogP contribution in [0.15, 0.2) is 12.2 Å². The third-order valence-electron chi connectivity index (χ3n) is 2.42. The summed E-state index contributed by atoms with van der Waals surface area (Å²) in [5.74, 6) is -0.579. The van der Waals surface area contributed by atoms with E-state index in [-0.39, 0.29) is 24.5 Å². The molecule has 0 bridgehead atoms. The summed E-state index contributed by atoms with van der Waals surface area (Å²) in [6.45, 7) is 8.93. The molecule has 1 heterocycles. The van der Waals surface area contributed by atoms with Gasteiger partial charge in [0.2, 0.25) is 0 Å². The molecule has 1 rings (SSSR count). The predicted octanol–water partition coefficient (Wildman–Crippen LogP) is 1.85. The summed E-state index contributed by atoms with van der Waals surface area (Å²) in [7, 11) is 0. The highest BCUT2D eigenvalue weighted by atomic mass is 16.7. The molecule has 0 radical (unpaired) electrons. The number of ketones is 1.